The van der Waals surface area contributed by atoms with Crippen LogP contribution in [0, 0.1) is 11.3 Å². The second-order valence-electron chi connectivity index (χ2n) is 10.7. The number of aryl methyl sites for hydroxylation is 1. The second-order valence-corrected chi connectivity index (χ2v) is 13.1. The van der Waals surface area contributed by atoms with E-state index in [9.17, 15) is 9.59 Å². The van der Waals surface area contributed by atoms with Crippen LogP contribution in [-0.2, 0) is 12.8 Å². The number of nitrogens with zero attached hydrogens (tertiary/aromatic N) is 2. The summed E-state index contributed by atoms with van der Waals surface area (Å²) in [6.07, 6.45) is 2.93. The van der Waals surface area contributed by atoms with Gasteiger partial charge in [0.1, 0.15) is 10.6 Å². The molecule has 38 heavy (non-hydrogen) atoms. The molecule has 0 fully saturated rings. The second kappa shape index (κ2) is 10.9. The van der Waals surface area contributed by atoms with Crippen molar-refractivity contribution in [3.05, 3.63) is 79.9 Å². The van der Waals surface area contributed by atoms with Crippen LogP contribution in [-0.4, -0.2) is 27.7 Å². The Morgan fingerprint density at radius 2 is 1.87 bits per heavy atom. The first kappa shape index (κ1) is 27.0. The van der Waals surface area contributed by atoms with Crippen LogP contribution in [0.1, 0.15) is 54.9 Å². The number of carbonyl (C=O) groups excluding carboxylic acids is 1. The van der Waals surface area contributed by atoms with E-state index in [0.717, 1.165) is 40.8 Å². The Balaban J connectivity index is 1.57. The van der Waals surface area contributed by atoms with Crippen molar-refractivity contribution >= 4 is 50.7 Å². The molecule has 1 unspecified atom stereocenters. The van der Waals surface area contributed by atoms with Crippen molar-refractivity contribution in [3.63, 3.8) is 0 Å². The fourth-order valence-electron chi connectivity index (χ4n) is 4.98. The number of ketones is 1. The number of benzene rings is 2. The third-order valence-corrected chi connectivity index (χ3v) is 9.52. The molecule has 1 aliphatic carbocycles. The number of fused-ring (bicyclic) bond motifs is 3. The number of carbonyl (C=O) groups is 1. The van der Waals surface area contributed by atoms with Gasteiger partial charge in [-0.1, -0.05) is 44.1 Å². The zero-order valence-electron chi connectivity index (χ0n) is 22.0. The number of ether oxygens (including phenoxy) is 1. The first-order chi connectivity index (χ1) is 18.2. The molecule has 0 amide bonds. The summed E-state index contributed by atoms with van der Waals surface area (Å²) in [6, 6.07) is 14.3. The van der Waals surface area contributed by atoms with Crippen molar-refractivity contribution in [2.75, 3.05) is 12.4 Å². The van der Waals surface area contributed by atoms with Crippen LogP contribution in [0.25, 0.3) is 15.9 Å². The van der Waals surface area contributed by atoms with Crippen LogP contribution >= 0.6 is 34.7 Å². The van der Waals surface area contributed by atoms with Gasteiger partial charge in [-0.25, -0.2) is 4.98 Å². The molecule has 2 heterocycles. The maximum absolute atomic E-state index is 14.1. The number of rotatable bonds is 7. The van der Waals surface area contributed by atoms with Gasteiger partial charge in [0.2, 0.25) is 0 Å². The normalized spacial score (nSPS) is 15.4. The first-order valence-electron chi connectivity index (χ1n) is 12.9. The summed E-state index contributed by atoms with van der Waals surface area (Å²) in [7, 11) is 0. The Kier molecular flexibility index (Phi) is 7.72. The van der Waals surface area contributed by atoms with Gasteiger partial charge in [-0.15, -0.1) is 11.3 Å². The van der Waals surface area contributed by atoms with E-state index in [2.05, 4.69) is 20.8 Å². The van der Waals surface area contributed by atoms with E-state index in [4.69, 9.17) is 21.3 Å². The minimum atomic E-state index is -0.0766. The van der Waals surface area contributed by atoms with E-state index in [-0.39, 0.29) is 22.5 Å². The zero-order valence-corrected chi connectivity index (χ0v) is 24.4. The number of hydrogen-bond donors (Lipinski definition) is 0. The molecule has 1 aliphatic rings. The van der Waals surface area contributed by atoms with Crippen molar-refractivity contribution in [1.82, 2.24) is 9.55 Å². The molecule has 0 saturated heterocycles. The van der Waals surface area contributed by atoms with E-state index >= 15 is 0 Å². The molecule has 198 valence electrons. The van der Waals surface area contributed by atoms with E-state index in [1.807, 2.05) is 31.2 Å². The predicted molar refractivity (Wildman–Crippen MR) is 158 cm³/mol. The summed E-state index contributed by atoms with van der Waals surface area (Å²) in [5.74, 6) is 1.43. The number of Topliss-reactive ketones (excluding diaryl/α,β-unsaturated/α-hetero) is 1. The molecule has 5 nitrogen and oxygen atoms in total. The number of hydrogen-bond acceptors (Lipinski definition) is 6. The molecule has 1 atom stereocenters. The van der Waals surface area contributed by atoms with E-state index in [0.29, 0.717) is 34.0 Å². The third-order valence-electron chi connectivity index (χ3n) is 7.18. The van der Waals surface area contributed by atoms with Gasteiger partial charge in [-0.3, -0.25) is 14.2 Å². The van der Waals surface area contributed by atoms with Crippen molar-refractivity contribution in [2.24, 2.45) is 11.3 Å². The Morgan fingerprint density at radius 1 is 1.16 bits per heavy atom. The van der Waals surface area contributed by atoms with Gasteiger partial charge in [-0.2, -0.15) is 0 Å². The van der Waals surface area contributed by atoms with Crippen LogP contribution in [0.15, 0.2) is 58.5 Å². The van der Waals surface area contributed by atoms with Crippen LogP contribution < -0.4 is 10.3 Å². The summed E-state index contributed by atoms with van der Waals surface area (Å²) >= 11 is 8.91. The molecule has 0 N–H and O–H groups in total. The SMILES string of the molecule is CCOc1ccc(-n2c(SCC(=O)c3ccc(Cl)cc3)nc3sc4c(c3c2=O)CCC(C(C)(C)C)C4)cc1. The van der Waals surface area contributed by atoms with Crippen molar-refractivity contribution in [2.45, 2.75) is 52.1 Å². The van der Waals surface area contributed by atoms with Crippen LogP contribution in [0.4, 0.5) is 0 Å². The molecule has 8 heteroatoms. The lowest BCUT2D eigenvalue weighted by Gasteiger charge is -2.33. The summed E-state index contributed by atoms with van der Waals surface area (Å²) in [5.41, 5.74) is 2.58. The standard InChI is InChI=1S/C30H31ClN2O3S2/c1-5-36-22-13-11-21(12-14-22)33-28(35)26-23-15-8-19(30(2,3)4)16-25(23)38-27(26)32-29(33)37-17-24(34)18-6-9-20(31)10-7-18/h6-7,9-14,19H,5,8,15-17H2,1-4H3. The maximum Gasteiger partial charge on any atom is 0.267 e. The molecule has 0 radical (unpaired) electrons. The monoisotopic (exact) mass is 566 g/mol. The zero-order chi connectivity index (χ0) is 27.0. The Hall–Kier alpha value is -2.61. The Morgan fingerprint density at radius 3 is 2.53 bits per heavy atom. The molecule has 5 rings (SSSR count). The molecule has 0 aliphatic heterocycles. The minimum absolute atomic E-state index is 0.0438. The van der Waals surface area contributed by atoms with Crippen molar-refractivity contribution < 1.29 is 9.53 Å². The maximum atomic E-state index is 14.1. The lowest BCUT2D eigenvalue weighted by atomic mass is 9.72. The summed E-state index contributed by atoms with van der Waals surface area (Å²) < 4.78 is 7.26. The van der Waals surface area contributed by atoms with Gasteiger partial charge in [0.15, 0.2) is 10.9 Å². The average Bonchev–Trinajstić information content (AvgIpc) is 3.26. The van der Waals surface area contributed by atoms with Crippen LogP contribution in [0.2, 0.25) is 5.02 Å². The van der Waals surface area contributed by atoms with Gasteiger partial charge < -0.3 is 4.74 Å². The number of thioether (sulfide) groups is 1. The predicted octanol–water partition coefficient (Wildman–Crippen LogP) is 7.63. The van der Waals surface area contributed by atoms with Crippen LogP contribution in [0.3, 0.4) is 0 Å². The molecular formula is C30H31ClN2O3S2. The number of halogens is 1. The molecule has 4 aromatic rings. The lowest BCUT2D eigenvalue weighted by molar-refractivity contribution is 0.102. The fourth-order valence-corrected chi connectivity index (χ4v) is 7.35. The summed E-state index contributed by atoms with van der Waals surface area (Å²) in [4.78, 5) is 34.1. The van der Waals surface area contributed by atoms with Crippen LogP contribution in [0.5, 0.6) is 5.75 Å². The summed E-state index contributed by atoms with van der Waals surface area (Å²) in [5, 5.41) is 1.82. The van der Waals surface area contributed by atoms with E-state index in [1.54, 1.807) is 40.2 Å². The highest BCUT2D eigenvalue weighted by Crippen LogP contribution is 2.42. The van der Waals surface area contributed by atoms with Crippen molar-refractivity contribution in [3.8, 4) is 11.4 Å². The minimum Gasteiger partial charge on any atom is -0.494 e. The largest absolute Gasteiger partial charge is 0.494 e. The summed E-state index contributed by atoms with van der Waals surface area (Å²) in [6.45, 7) is 9.38. The molecular weight excluding hydrogens is 536 g/mol. The quantitative estimate of drug-likeness (QED) is 0.131. The molecule has 0 spiro atoms. The molecule has 0 saturated carbocycles. The molecule has 2 aromatic carbocycles. The lowest BCUT2D eigenvalue weighted by Crippen LogP contribution is -2.27. The highest BCUT2D eigenvalue weighted by atomic mass is 35.5. The van der Waals surface area contributed by atoms with E-state index < -0.39 is 0 Å². The Labute approximate surface area is 236 Å². The van der Waals surface area contributed by atoms with Gasteiger partial charge in [0, 0.05) is 15.5 Å². The Bertz CT molecular complexity index is 1530. The van der Waals surface area contributed by atoms with Gasteiger partial charge >= 0.3 is 0 Å². The molecule has 0 bridgehead atoms. The van der Waals surface area contributed by atoms with Gasteiger partial charge in [0.05, 0.1) is 23.4 Å². The number of thiophene rings is 1. The van der Waals surface area contributed by atoms with Gasteiger partial charge in [0.25, 0.3) is 5.56 Å². The number of aromatic nitrogens is 2. The highest BCUT2D eigenvalue weighted by Gasteiger charge is 2.32. The topological polar surface area (TPSA) is 61.2 Å². The third kappa shape index (κ3) is 5.42. The fraction of sp³-hybridized carbons (Fsp3) is 0.367. The first-order valence-corrected chi connectivity index (χ1v) is 15.1. The smallest absolute Gasteiger partial charge is 0.267 e. The van der Waals surface area contributed by atoms with Gasteiger partial charge in [-0.05, 0) is 91.6 Å². The average molecular weight is 567 g/mol. The van der Waals surface area contributed by atoms with E-state index in [1.165, 1.54) is 16.6 Å². The highest BCUT2D eigenvalue weighted by molar-refractivity contribution is 7.99. The molecule has 2 aromatic heterocycles. The van der Waals surface area contributed by atoms with Crippen molar-refractivity contribution in [1.29, 1.82) is 0 Å².